The van der Waals surface area contributed by atoms with Crippen LogP contribution in [-0.4, -0.2) is 44.1 Å². The fraction of sp³-hybridized carbons (Fsp3) is 0.538. The second kappa shape index (κ2) is 10.9. The molecule has 1 heterocycles. The Morgan fingerprint density at radius 1 is 0.875 bits per heavy atom. The van der Waals surface area contributed by atoms with Gasteiger partial charge in [-0.2, -0.15) is 8.42 Å². The molecule has 2 fully saturated rings. The third-order valence-corrected chi connectivity index (χ3v) is 7.82. The number of ether oxygens (including phenoxy) is 1. The number of methoxy groups -OCH3 is 1. The molecule has 2 aromatic rings. The predicted molar refractivity (Wildman–Crippen MR) is 129 cm³/mol. The minimum absolute atomic E-state index is 0.0417. The van der Waals surface area contributed by atoms with Crippen LogP contribution in [0.15, 0.2) is 53.4 Å². The molecule has 4 rings (SSSR count). The average Bonchev–Trinajstić information content (AvgIpc) is 2.80. The highest BCUT2D eigenvalue weighted by atomic mass is 32.2. The zero-order valence-corrected chi connectivity index (χ0v) is 20.4. The van der Waals surface area contributed by atoms with E-state index in [0.717, 1.165) is 24.4 Å². The fourth-order valence-corrected chi connectivity index (χ4v) is 5.38. The van der Waals surface area contributed by atoms with Gasteiger partial charge in [0.05, 0.1) is 10.5 Å². The second-order valence-electron chi connectivity index (χ2n) is 9.18. The summed E-state index contributed by atoms with van der Waals surface area (Å²) in [6.07, 6.45) is 9.09. The number of nitrogens with zero attached hydrogens (tertiary/aromatic N) is 1. The van der Waals surface area contributed by atoms with Crippen molar-refractivity contribution in [3.05, 3.63) is 65.2 Å². The van der Waals surface area contributed by atoms with E-state index in [4.69, 9.17) is 9.29 Å². The molecule has 1 saturated heterocycles. The van der Waals surface area contributed by atoms with Gasteiger partial charge >= 0.3 is 0 Å². The van der Waals surface area contributed by atoms with Crippen molar-refractivity contribution < 1.29 is 17.7 Å². The van der Waals surface area contributed by atoms with Crippen molar-refractivity contribution in [3.63, 3.8) is 0 Å². The van der Waals surface area contributed by atoms with Crippen LogP contribution in [0.5, 0.6) is 0 Å². The summed E-state index contributed by atoms with van der Waals surface area (Å²) in [5.74, 6) is 0. The van der Waals surface area contributed by atoms with E-state index in [1.165, 1.54) is 68.5 Å². The first-order valence-corrected chi connectivity index (χ1v) is 13.1. The summed E-state index contributed by atoms with van der Waals surface area (Å²) in [7, 11) is -2.13. The first-order chi connectivity index (χ1) is 15.2. The van der Waals surface area contributed by atoms with Crippen molar-refractivity contribution >= 4 is 10.1 Å². The lowest BCUT2D eigenvalue weighted by Crippen LogP contribution is -2.45. The number of piperidine rings is 1. The normalized spacial score (nSPS) is 24.4. The minimum Gasteiger partial charge on any atom is -0.374 e. The first-order valence-electron chi connectivity index (χ1n) is 11.6. The van der Waals surface area contributed by atoms with Gasteiger partial charge in [0.25, 0.3) is 10.1 Å². The number of hydrogen-bond acceptors (Lipinski definition) is 4. The van der Waals surface area contributed by atoms with E-state index in [1.807, 2.05) is 14.0 Å². The number of hydrogen-bond donors (Lipinski definition) is 1. The molecule has 1 N–H and O–H groups in total. The van der Waals surface area contributed by atoms with E-state index in [-0.39, 0.29) is 10.5 Å². The quantitative estimate of drug-likeness (QED) is 0.611. The van der Waals surface area contributed by atoms with E-state index >= 15 is 0 Å². The third-order valence-electron chi connectivity index (χ3n) is 6.96. The largest absolute Gasteiger partial charge is 0.374 e. The SMILES string of the molecule is COC1(c2ccc(C)cc2)CCC(N2CCCCC2)CC1.Cc1ccc(S(=O)(=O)O)cc1. The van der Waals surface area contributed by atoms with E-state index in [9.17, 15) is 8.42 Å². The molecule has 0 unspecified atom stereocenters. The predicted octanol–water partition coefficient (Wildman–Crippen LogP) is 5.51. The molecule has 0 atom stereocenters. The van der Waals surface area contributed by atoms with Gasteiger partial charge in [-0.05, 0) is 83.2 Å². The number of benzene rings is 2. The molecule has 0 bridgehead atoms. The van der Waals surface area contributed by atoms with Crippen LogP contribution < -0.4 is 0 Å². The van der Waals surface area contributed by atoms with Gasteiger partial charge < -0.3 is 9.64 Å². The Morgan fingerprint density at radius 3 is 1.84 bits per heavy atom. The highest BCUT2D eigenvalue weighted by Gasteiger charge is 2.38. The van der Waals surface area contributed by atoms with Crippen molar-refractivity contribution in [2.75, 3.05) is 20.2 Å². The Balaban J connectivity index is 0.000000222. The second-order valence-corrected chi connectivity index (χ2v) is 10.6. The Morgan fingerprint density at radius 2 is 1.38 bits per heavy atom. The topological polar surface area (TPSA) is 66.8 Å². The van der Waals surface area contributed by atoms with Crippen LogP contribution in [0.3, 0.4) is 0 Å². The van der Waals surface area contributed by atoms with Gasteiger partial charge in [-0.15, -0.1) is 0 Å². The first kappa shape index (κ1) is 24.9. The Kier molecular flexibility index (Phi) is 8.50. The molecule has 176 valence electrons. The molecular formula is C26H37NO4S. The lowest BCUT2D eigenvalue weighted by atomic mass is 9.76. The van der Waals surface area contributed by atoms with Crippen LogP contribution in [0, 0.1) is 13.8 Å². The zero-order chi connectivity index (χ0) is 23.2. The van der Waals surface area contributed by atoms with Gasteiger partial charge in [-0.1, -0.05) is 53.9 Å². The Labute approximate surface area is 193 Å². The molecule has 0 amide bonds. The molecule has 0 spiro atoms. The molecule has 1 aliphatic heterocycles. The lowest BCUT2D eigenvalue weighted by Gasteiger charge is -2.44. The minimum atomic E-state index is -4.02. The van der Waals surface area contributed by atoms with Crippen LogP contribution in [0.25, 0.3) is 0 Å². The van der Waals surface area contributed by atoms with E-state index in [2.05, 4.69) is 36.1 Å². The van der Waals surface area contributed by atoms with Crippen LogP contribution in [0.1, 0.15) is 61.6 Å². The standard InChI is InChI=1S/C19H29NO.C7H8O3S/c1-16-6-8-17(9-7-16)19(21-2)12-10-18(11-13-19)20-14-4-3-5-15-20;1-6-2-4-7(5-3-6)11(8,9)10/h6-9,18H,3-5,10-15H2,1-2H3;2-5H,1H3,(H,8,9,10). The molecule has 32 heavy (non-hydrogen) atoms. The van der Waals surface area contributed by atoms with Crippen LogP contribution in [-0.2, 0) is 20.5 Å². The van der Waals surface area contributed by atoms with Gasteiger partial charge in [0.15, 0.2) is 0 Å². The van der Waals surface area contributed by atoms with Crippen LogP contribution >= 0.6 is 0 Å². The van der Waals surface area contributed by atoms with E-state index in [1.54, 1.807) is 12.1 Å². The highest BCUT2D eigenvalue weighted by molar-refractivity contribution is 7.85. The molecule has 1 aliphatic carbocycles. The maximum Gasteiger partial charge on any atom is 0.294 e. The highest BCUT2D eigenvalue weighted by Crippen LogP contribution is 2.41. The number of aryl methyl sites for hydroxylation is 2. The monoisotopic (exact) mass is 459 g/mol. The number of rotatable bonds is 4. The zero-order valence-electron chi connectivity index (χ0n) is 19.6. The fourth-order valence-electron chi connectivity index (χ4n) is 4.90. The lowest BCUT2D eigenvalue weighted by molar-refractivity contribution is -0.0624. The van der Waals surface area contributed by atoms with Gasteiger partial charge in [0, 0.05) is 13.2 Å². The summed E-state index contributed by atoms with van der Waals surface area (Å²) in [4.78, 5) is 2.67. The maximum absolute atomic E-state index is 10.5. The van der Waals surface area contributed by atoms with Crippen molar-refractivity contribution in [2.24, 2.45) is 0 Å². The van der Waals surface area contributed by atoms with E-state index < -0.39 is 10.1 Å². The van der Waals surface area contributed by atoms with Gasteiger partial charge in [-0.25, -0.2) is 0 Å². The molecule has 5 nitrogen and oxygen atoms in total. The van der Waals surface area contributed by atoms with Gasteiger partial charge in [0.2, 0.25) is 0 Å². The van der Waals surface area contributed by atoms with Crippen LogP contribution in [0.2, 0.25) is 0 Å². The van der Waals surface area contributed by atoms with Crippen molar-refractivity contribution in [1.82, 2.24) is 4.90 Å². The number of likely N-dealkylation sites (tertiary alicyclic amines) is 1. The molecule has 2 aromatic carbocycles. The van der Waals surface area contributed by atoms with Gasteiger partial charge in [0.1, 0.15) is 0 Å². The molecule has 0 aromatic heterocycles. The van der Waals surface area contributed by atoms with Crippen molar-refractivity contribution in [2.45, 2.75) is 75.3 Å². The summed E-state index contributed by atoms with van der Waals surface area (Å²) in [6.45, 7) is 6.62. The molecule has 1 saturated carbocycles. The van der Waals surface area contributed by atoms with Gasteiger partial charge in [-0.3, -0.25) is 4.55 Å². The van der Waals surface area contributed by atoms with Crippen molar-refractivity contribution in [1.29, 1.82) is 0 Å². The summed E-state index contributed by atoms with van der Waals surface area (Å²) in [6, 6.07) is 15.7. The maximum atomic E-state index is 10.5. The molecule has 0 radical (unpaired) electrons. The Bertz CT molecular complexity index is 940. The summed E-state index contributed by atoms with van der Waals surface area (Å²) >= 11 is 0. The van der Waals surface area contributed by atoms with Crippen molar-refractivity contribution in [3.8, 4) is 0 Å². The molecular weight excluding hydrogens is 422 g/mol. The summed E-state index contributed by atoms with van der Waals surface area (Å²) < 4.78 is 35.6. The van der Waals surface area contributed by atoms with Crippen LogP contribution in [0.4, 0.5) is 0 Å². The molecule has 6 heteroatoms. The molecule has 2 aliphatic rings. The van der Waals surface area contributed by atoms with E-state index in [0.29, 0.717) is 0 Å². The summed E-state index contributed by atoms with van der Waals surface area (Å²) in [5.41, 5.74) is 3.61. The third kappa shape index (κ3) is 6.41. The summed E-state index contributed by atoms with van der Waals surface area (Å²) in [5, 5.41) is 0. The Hall–Kier alpha value is -1.73. The smallest absolute Gasteiger partial charge is 0.294 e. The average molecular weight is 460 g/mol.